The summed E-state index contributed by atoms with van der Waals surface area (Å²) in [7, 11) is 4.37. The van der Waals surface area contributed by atoms with Gasteiger partial charge in [-0.15, -0.1) is 0 Å². The first-order valence-corrected chi connectivity index (χ1v) is 12.6. The van der Waals surface area contributed by atoms with Gasteiger partial charge < -0.3 is 24.3 Å². The Hall–Kier alpha value is -3.29. The van der Waals surface area contributed by atoms with Crippen molar-refractivity contribution in [3.05, 3.63) is 46.3 Å². The minimum absolute atomic E-state index is 0.141. The maximum absolute atomic E-state index is 13.9. The van der Waals surface area contributed by atoms with Crippen LogP contribution in [-0.2, 0) is 23.9 Å². The number of ketones is 1. The van der Waals surface area contributed by atoms with Gasteiger partial charge in [-0.3, -0.25) is 9.59 Å². The summed E-state index contributed by atoms with van der Waals surface area (Å²) in [6, 6.07) is 5.35. The van der Waals surface area contributed by atoms with Crippen LogP contribution in [-0.4, -0.2) is 45.2 Å². The number of methoxy groups -OCH3 is 3. The molecule has 36 heavy (non-hydrogen) atoms. The van der Waals surface area contributed by atoms with E-state index >= 15 is 0 Å². The molecule has 4 rings (SSSR count). The molecule has 3 aliphatic rings. The monoisotopic (exact) mass is 497 g/mol. The van der Waals surface area contributed by atoms with Gasteiger partial charge in [0.05, 0.1) is 26.9 Å². The first-order chi connectivity index (χ1) is 17.3. The van der Waals surface area contributed by atoms with Crippen LogP contribution < -0.4 is 14.8 Å². The van der Waals surface area contributed by atoms with E-state index in [4.69, 9.17) is 18.9 Å². The van der Waals surface area contributed by atoms with E-state index in [1.165, 1.54) is 14.2 Å². The Bertz CT molecular complexity index is 1110. The Kier molecular flexibility index (Phi) is 7.71. The highest BCUT2D eigenvalue weighted by molar-refractivity contribution is 6.12. The van der Waals surface area contributed by atoms with Crippen LogP contribution in [0.25, 0.3) is 0 Å². The van der Waals surface area contributed by atoms with Crippen molar-refractivity contribution in [1.29, 1.82) is 0 Å². The van der Waals surface area contributed by atoms with Crippen LogP contribution in [0.2, 0.25) is 0 Å². The summed E-state index contributed by atoms with van der Waals surface area (Å²) < 4.78 is 21.9. The third-order valence-electron chi connectivity index (χ3n) is 7.53. The molecule has 1 aromatic rings. The van der Waals surface area contributed by atoms with E-state index in [1.54, 1.807) is 19.2 Å². The second-order valence-corrected chi connectivity index (χ2v) is 9.82. The minimum Gasteiger partial charge on any atom is -0.493 e. The maximum Gasteiger partial charge on any atom is 0.337 e. The van der Waals surface area contributed by atoms with Crippen LogP contribution in [0.5, 0.6) is 11.5 Å². The molecular weight excluding hydrogens is 462 g/mol. The molecule has 8 heteroatoms. The summed E-state index contributed by atoms with van der Waals surface area (Å²) in [5, 5.41) is 3.31. The van der Waals surface area contributed by atoms with E-state index in [0.717, 1.165) is 37.8 Å². The zero-order valence-electron chi connectivity index (χ0n) is 21.6. The van der Waals surface area contributed by atoms with Crippen molar-refractivity contribution in [2.45, 2.75) is 64.4 Å². The van der Waals surface area contributed by atoms with E-state index in [2.05, 4.69) is 5.32 Å². The summed E-state index contributed by atoms with van der Waals surface area (Å²) in [4.78, 5) is 40.1. The number of hydrogen-bond donors (Lipinski definition) is 1. The van der Waals surface area contributed by atoms with Crippen LogP contribution in [0.15, 0.2) is 40.7 Å². The highest BCUT2D eigenvalue weighted by atomic mass is 16.5. The van der Waals surface area contributed by atoms with Gasteiger partial charge in [0.2, 0.25) is 0 Å². The molecule has 0 amide bonds. The van der Waals surface area contributed by atoms with Crippen LogP contribution in [0.3, 0.4) is 0 Å². The number of nitrogens with one attached hydrogen (secondary N) is 1. The van der Waals surface area contributed by atoms with Gasteiger partial charge >= 0.3 is 11.9 Å². The lowest BCUT2D eigenvalue weighted by Gasteiger charge is -2.38. The molecule has 3 atom stereocenters. The minimum atomic E-state index is -0.938. The number of carbonyl (C=O) groups is 3. The first-order valence-electron chi connectivity index (χ1n) is 12.6. The van der Waals surface area contributed by atoms with Crippen molar-refractivity contribution in [2.24, 2.45) is 11.8 Å². The number of esters is 2. The molecule has 0 spiro atoms. The normalized spacial score (nSPS) is 24.6. The van der Waals surface area contributed by atoms with Gasteiger partial charge in [0.15, 0.2) is 17.3 Å². The molecule has 1 aromatic carbocycles. The SMILES string of the molecule is COC(=O)[C@H]1C(=O)C2=C(C[C@H]1C)NC(C)=C(C(=O)OC1CCCCC1)[C@H]2c1ccc(OC)c(OC)c1. The average Bonchev–Trinajstić information content (AvgIpc) is 2.87. The largest absolute Gasteiger partial charge is 0.493 e. The molecule has 1 heterocycles. The van der Waals surface area contributed by atoms with Gasteiger partial charge in [-0.05, 0) is 62.6 Å². The average molecular weight is 498 g/mol. The maximum atomic E-state index is 13.9. The number of ether oxygens (including phenoxy) is 4. The van der Waals surface area contributed by atoms with Crippen molar-refractivity contribution in [3.63, 3.8) is 0 Å². The zero-order valence-corrected chi connectivity index (χ0v) is 21.6. The lowest BCUT2D eigenvalue weighted by atomic mass is 9.69. The van der Waals surface area contributed by atoms with Crippen molar-refractivity contribution in [3.8, 4) is 11.5 Å². The Morgan fingerprint density at radius 1 is 1.00 bits per heavy atom. The number of dihydropyridines is 1. The molecule has 0 unspecified atom stereocenters. The smallest absolute Gasteiger partial charge is 0.337 e. The molecule has 8 nitrogen and oxygen atoms in total. The molecule has 1 saturated carbocycles. The number of rotatable bonds is 6. The van der Waals surface area contributed by atoms with Crippen LogP contribution in [0, 0.1) is 11.8 Å². The molecule has 0 saturated heterocycles. The van der Waals surface area contributed by atoms with Gasteiger partial charge in [-0.25, -0.2) is 4.79 Å². The second-order valence-electron chi connectivity index (χ2n) is 9.82. The number of benzene rings is 1. The summed E-state index contributed by atoms with van der Waals surface area (Å²) in [5.74, 6) is -2.23. The summed E-state index contributed by atoms with van der Waals surface area (Å²) in [5.41, 5.74) is 2.82. The van der Waals surface area contributed by atoms with Gasteiger partial charge in [-0.1, -0.05) is 19.4 Å². The first kappa shape index (κ1) is 25.8. The van der Waals surface area contributed by atoms with E-state index in [0.29, 0.717) is 40.3 Å². The third-order valence-corrected chi connectivity index (χ3v) is 7.53. The molecule has 1 fully saturated rings. The quantitative estimate of drug-likeness (QED) is 0.461. The second kappa shape index (κ2) is 10.8. The van der Waals surface area contributed by atoms with E-state index in [-0.39, 0.29) is 17.8 Å². The third kappa shape index (κ3) is 4.73. The van der Waals surface area contributed by atoms with Gasteiger partial charge in [-0.2, -0.15) is 0 Å². The summed E-state index contributed by atoms with van der Waals surface area (Å²) >= 11 is 0. The van der Waals surface area contributed by atoms with E-state index in [9.17, 15) is 14.4 Å². The fraction of sp³-hybridized carbons (Fsp3) is 0.536. The van der Waals surface area contributed by atoms with Gasteiger partial charge in [0.25, 0.3) is 0 Å². The Morgan fingerprint density at radius 3 is 2.33 bits per heavy atom. The highest BCUT2D eigenvalue weighted by Crippen LogP contribution is 2.47. The standard InChI is InChI=1S/C28H35NO7/c1-15-13-19-25(26(30)22(15)27(31)35-5)24(17-11-12-20(33-3)21(14-17)34-4)23(16(2)29-19)28(32)36-18-9-7-6-8-10-18/h11-12,14-15,18,22,24,29H,6-10,13H2,1-5H3/t15-,22-,24-/m1/s1. The van der Waals surface area contributed by atoms with Gasteiger partial charge in [0.1, 0.15) is 12.0 Å². The van der Waals surface area contributed by atoms with Crippen molar-refractivity contribution >= 4 is 17.7 Å². The van der Waals surface area contributed by atoms with Crippen molar-refractivity contribution in [2.75, 3.05) is 21.3 Å². The number of allylic oxidation sites excluding steroid dienone is 3. The Morgan fingerprint density at radius 2 is 1.69 bits per heavy atom. The zero-order chi connectivity index (χ0) is 26.0. The number of carbonyl (C=O) groups excluding carboxylic acids is 3. The fourth-order valence-electron chi connectivity index (χ4n) is 5.71. The summed E-state index contributed by atoms with van der Waals surface area (Å²) in [6.07, 6.45) is 5.21. The van der Waals surface area contributed by atoms with Gasteiger partial charge in [0, 0.05) is 22.9 Å². The van der Waals surface area contributed by atoms with Crippen LogP contribution in [0.1, 0.15) is 63.9 Å². The predicted octanol–water partition coefficient (Wildman–Crippen LogP) is 4.19. The lowest BCUT2D eigenvalue weighted by Crippen LogP contribution is -2.43. The Labute approximate surface area is 212 Å². The molecule has 0 bridgehead atoms. The summed E-state index contributed by atoms with van der Waals surface area (Å²) in [6.45, 7) is 3.69. The molecule has 2 aliphatic carbocycles. The Balaban J connectivity index is 1.82. The van der Waals surface area contributed by atoms with Crippen LogP contribution in [0.4, 0.5) is 0 Å². The molecule has 1 N–H and O–H groups in total. The van der Waals surface area contributed by atoms with E-state index in [1.807, 2.05) is 19.9 Å². The molecular formula is C28H35NO7. The van der Waals surface area contributed by atoms with Crippen molar-refractivity contribution in [1.82, 2.24) is 5.32 Å². The molecule has 0 aromatic heterocycles. The predicted molar refractivity (Wildman–Crippen MR) is 132 cm³/mol. The molecule has 0 radical (unpaired) electrons. The topological polar surface area (TPSA) is 100 Å². The van der Waals surface area contributed by atoms with Crippen LogP contribution >= 0.6 is 0 Å². The van der Waals surface area contributed by atoms with Crippen molar-refractivity contribution < 1.29 is 33.3 Å². The lowest BCUT2D eigenvalue weighted by molar-refractivity contribution is -0.151. The van der Waals surface area contributed by atoms with E-state index < -0.39 is 23.8 Å². The highest BCUT2D eigenvalue weighted by Gasteiger charge is 2.47. The number of Topliss-reactive ketones (excluding diaryl/α,β-unsaturated/α-hetero) is 1. The molecule has 1 aliphatic heterocycles. The fourth-order valence-corrected chi connectivity index (χ4v) is 5.71. The molecule has 194 valence electrons. The number of hydrogen-bond acceptors (Lipinski definition) is 8.